The number of thioether (sulfide) groups is 1. The summed E-state index contributed by atoms with van der Waals surface area (Å²) >= 11 is 1.24. The average molecular weight is 443 g/mol. The molecule has 1 N–H and O–H groups in total. The van der Waals surface area contributed by atoms with E-state index in [-0.39, 0.29) is 17.3 Å². The molecule has 0 spiro atoms. The van der Waals surface area contributed by atoms with Gasteiger partial charge in [0.25, 0.3) is 5.69 Å². The number of non-ortho nitro benzene ring substituents is 1. The summed E-state index contributed by atoms with van der Waals surface area (Å²) in [6.07, 6.45) is 0. The summed E-state index contributed by atoms with van der Waals surface area (Å²) < 4.78 is 0. The van der Waals surface area contributed by atoms with E-state index in [0.717, 1.165) is 22.4 Å². The van der Waals surface area contributed by atoms with Crippen molar-refractivity contribution in [3.05, 3.63) is 101 Å². The van der Waals surface area contributed by atoms with Gasteiger partial charge in [-0.15, -0.1) is 10.2 Å². The maximum absolute atomic E-state index is 12.2. The van der Waals surface area contributed by atoms with Crippen LogP contribution in [0.2, 0.25) is 0 Å². The predicted octanol–water partition coefficient (Wildman–Crippen LogP) is 5.45. The zero-order valence-electron chi connectivity index (χ0n) is 16.8. The van der Waals surface area contributed by atoms with Gasteiger partial charge < -0.3 is 5.32 Å². The number of amides is 1. The SMILES string of the molecule is O=C(CSc1ccc(-c2ccc(-c3ccccc3)cc2)nn1)Nc1cccc([N+](=O)[O-])c1. The quantitative estimate of drug-likeness (QED) is 0.232. The van der Waals surface area contributed by atoms with Gasteiger partial charge in [-0.1, -0.05) is 72.4 Å². The maximum atomic E-state index is 12.2. The molecule has 1 amide bonds. The highest BCUT2D eigenvalue weighted by Gasteiger charge is 2.10. The second-order valence-corrected chi connectivity index (χ2v) is 7.84. The molecule has 0 bridgehead atoms. The fourth-order valence-electron chi connectivity index (χ4n) is 3.05. The number of hydrogen-bond donors (Lipinski definition) is 1. The average Bonchev–Trinajstić information content (AvgIpc) is 2.84. The fraction of sp³-hybridized carbons (Fsp3) is 0.0417. The molecule has 0 fully saturated rings. The molecule has 7 nitrogen and oxygen atoms in total. The minimum atomic E-state index is -0.503. The molecule has 0 saturated heterocycles. The Kier molecular flexibility index (Phi) is 6.52. The second-order valence-electron chi connectivity index (χ2n) is 6.84. The fourth-order valence-corrected chi connectivity index (χ4v) is 3.66. The zero-order chi connectivity index (χ0) is 22.3. The summed E-state index contributed by atoms with van der Waals surface area (Å²) in [6, 6.07) is 27.8. The van der Waals surface area contributed by atoms with Crippen molar-refractivity contribution >= 4 is 29.0 Å². The Morgan fingerprint density at radius 3 is 2.25 bits per heavy atom. The standard InChI is InChI=1S/C24H18N4O3S/c29-23(25-20-7-4-8-21(15-20)28(30)31)16-32-24-14-13-22(26-27-24)19-11-9-18(10-12-19)17-5-2-1-3-6-17/h1-15H,16H2,(H,25,29). The molecule has 0 aliphatic rings. The van der Waals surface area contributed by atoms with Crippen LogP contribution in [-0.2, 0) is 4.79 Å². The van der Waals surface area contributed by atoms with E-state index in [0.29, 0.717) is 10.7 Å². The van der Waals surface area contributed by atoms with Gasteiger partial charge in [0.2, 0.25) is 5.91 Å². The van der Waals surface area contributed by atoms with E-state index in [1.165, 1.54) is 30.0 Å². The maximum Gasteiger partial charge on any atom is 0.271 e. The van der Waals surface area contributed by atoms with Crippen LogP contribution in [0.4, 0.5) is 11.4 Å². The number of anilines is 1. The highest BCUT2D eigenvalue weighted by molar-refractivity contribution is 7.99. The van der Waals surface area contributed by atoms with E-state index < -0.39 is 4.92 Å². The van der Waals surface area contributed by atoms with Gasteiger partial charge in [-0.05, 0) is 29.3 Å². The molecular weight excluding hydrogens is 424 g/mol. The molecule has 1 heterocycles. The molecule has 158 valence electrons. The van der Waals surface area contributed by atoms with Crippen molar-refractivity contribution < 1.29 is 9.72 Å². The van der Waals surface area contributed by atoms with Crippen LogP contribution >= 0.6 is 11.8 Å². The van der Waals surface area contributed by atoms with Gasteiger partial charge in [0, 0.05) is 23.4 Å². The van der Waals surface area contributed by atoms with Gasteiger partial charge in [-0.25, -0.2) is 0 Å². The number of nitrogens with one attached hydrogen (secondary N) is 1. The number of aromatic nitrogens is 2. The van der Waals surface area contributed by atoms with E-state index in [9.17, 15) is 14.9 Å². The number of nitro groups is 1. The summed E-state index contributed by atoms with van der Waals surface area (Å²) in [7, 11) is 0. The third-order valence-corrected chi connectivity index (χ3v) is 5.54. The van der Waals surface area contributed by atoms with Gasteiger partial charge in [0.05, 0.1) is 16.4 Å². The molecule has 1 aromatic heterocycles. The number of carbonyl (C=O) groups is 1. The first-order valence-electron chi connectivity index (χ1n) is 9.75. The normalized spacial score (nSPS) is 10.5. The van der Waals surface area contributed by atoms with E-state index in [1.54, 1.807) is 6.07 Å². The third kappa shape index (κ3) is 5.35. The summed E-state index contributed by atoms with van der Waals surface area (Å²) in [6.45, 7) is 0. The Morgan fingerprint density at radius 2 is 1.56 bits per heavy atom. The Morgan fingerprint density at radius 1 is 0.844 bits per heavy atom. The minimum Gasteiger partial charge on any atom is -0.325 e. The third-order valence-electron chi connectivity index (χ3n) is 4.62. The van der Waals surface area contributed by atoms with Crippen LogP contribution in [0.5, 0.6) is 0 Å². The molecular formula is C24H18N4O3S. The smallest absolute Gasteiger partial charge is 0.271 e. The number of hydrogen-bond acceptors (Lipinski definition) is 6. The van der Waals surface area contributed by atoms with Gasteiger partial charge in [0.1, 0.15) is 5.03 Å². The lowest BCUT2D eigenvalue weighted by Crippen LogP contribution is -2.14. The summed E-state index contributed by atoms with van der Waals surface area (Å²) in [4.78, 5) is 22.5. The number of nitro benzene ring substituents is 1. The topological polar surface area (TPSA) is 98.0 Å². The lowest BCUT2D eigenvalue weighted by atomic mass is 10.0. The molecule has 0 aliphatic carbocycles. The van der Waals surface area contributed by atoms with Crippen molar-refractivity contribution in [2.24, 2.45) is 0 Å². The van der Waals surface area contributed by atoms with Crippen molar-refractivity contribution in [2.75, 3.05) is 11.1 Å². The summed E-state index contributed by atoms with van der Waals surface area (Å²) in [5.41, 5.74) is 4.29. The Labute approximate surface area is 188 Å². The number of rotatable bonds is 7. The summed E-state index contributed by atoms with van der Waals surface area (Å²) in [5, 5.41) is 22.6. The molecule has 0 radical (unpaired) electrons. The number of carbonyl (C=O) groups excluding carboxylic acids is 1. The first kappa shape index (κ1) is 21.2. The largest absolute Gasteiger partial charge is 0.325 e. The van der Waals surface area contributed by atoms with Crippen molar-refractivity contribution in [2.45, 2.75) is 5.03 Å². The number of benzene rings is 3. The van der Waals surface area contributed by atoms with E-state index in [4.69, 9.17) is 0 Å². The molecule has 8 heteroatoms. The van der Waals surface area contributed by atoms with Crippen LogP contribution in [0.15, 0.2) is 96.0 Å². The Hall–Kier alpha value is -4.04. The van der Waals surface area contributed by atoms with Crippen molar-refractivity contribution in [1.82, 2.24) is 10.2 Å². The van der Waals surface area contributed by atoms with Crippen molar-refractivity contribution in [3.63, 3.8) is 0 Å². The molecule has 4 aromatic rings. The lowest BCUT2D eigenvalue weighted by Gasteiger charge is -2.06. The molecule has 0 unspecified atom stereocenters. The van der Waals surface area contributed by atoms with E-state index in [2.05, 4.69) is 27.6 Å². The second kappa shape index (κ2) is 9.84. The summed E-state index contributed by atoms with van der Waals surface area (Å²) in [5.74, 6) is -0.166. The van der Waals surface area contributed by atoms with Crippen LogP contribution in [-0.4, -0.2) is 26.8 Å². The van der Waals surface area contributed by atoms with Crippen LogP contribution < -0.4 is 5.32 Å². The highest BCUT2D eigenvalue weighted by Crippen LogP contribution is 2.25. The first-order chi connectivity index (χ1) is 15.6. The predicted molar refractivity (Wildman–Crippen MR) is 125 cm³/mol. The van der Waals surface area contributed by atoms with Gasteiger partial charge >= 0.3 is 0 Å². The lowest BCUT2D eigenvalue weighted by molar-refractivity contribution is -0.384. The van der Waals surface area contributed by atoms with Crippen molar-refractivity contribution in [3.8, 4) is 22.4 Å². The van der Waals surface area contributed by atoms with Gasteiger partial charge in [-0.3, -0.25) is 14.9 Å². The van der Waals surface area contributed by atoms with Crippen molar-refractivity contribution in [1.29, 1.82) is 0 Å². The molecule has 0 atom stereocenters. The number of nitrogens with zero attached hydrogens (tertiary/aromatic N) is 3. The van der Waals surface area contributed by atoms with E-state index in [1.807, 2.05) is 54.6 Å². The molecule has 0 saturated carbocycles. The van der Waals surface area contributed by atoms with Crippen LogP contribution in [0.3, 0.4) is 0 Å². The minimum absolute atomic E-state index is 0.0753. The van der Waals surface area contributed by atoms with Gasteiger partial charge in [-0.2, -0.15) is 0 Å². The monoisotopic (exact) mass is 442 g/mol. The zero-order valence-corrected chi connectivity index (χ0v) is 17.7. The molecule has 3 aromatic carbocycles. The molecule has 32 heavy (non-hydrogen) atoms. The molecule has 4 rings (SSSR count). The van der Waals surface area contributed by atoms with Crippen LogP contribution in [0.25, 0.3) is 22.4 Å². The van der Waals surface area contributed by atoms with Gasteiger partial charge in [0.15, 0.2) is 0 Å². The first-order valence-corrected chi connectivity index (χ1v) is 10.7. The molecule has 0 aliphatic heterocycles. The highest BCUT2D eigenvalue weighted by atomic mass is 32.2. The Bertz CT molecular complexity index is 1230. The van der Waals surface area contributed by atoms with E-state index >= 15 is 0 Å². The van der Waals surface area contributed by atoms with Crippen LogP contribution in [0.1, 0.15) is 0 Å². The Balaban J connectivity index is 1.34. The van der Waals surface area contributed by atoms with Crippen LogP contribution in [0, 0.1) is 10.1 Å².